The number of halogens is 4. The molecule has 3 fully saturated rings. The van der Waals surface area contributed by atoms with E-state index in [1.54, 1.807) is 24.4 Å². The third-order valence-corrected chi connectivity index (χ3v) is 9.32. The van der Waals surface area contributed by atoms with Crippen molar-refractivity contribution in [2.45, 2.75) is 50.9 Å². The fourth-order valence-electron chi connectivity index (χ4n) is 6.27. The molecular weight excluding hydrogens is 585 g/mol. The van der Waals surface area contributed by atoms with E-state index in [1.165, 1.54) is 34.6 Å². The van der Waals surface area contributed by atoms with Crippen LogP contribution in [0.5, 0.6) is 0 Å². The largest absolute Gasteiger partial charge is 0.416 e. The fourth-order valence-corrected chi connectivity index (χ4v) is 7.29. The van der Waals surface area contributed by atoms with E-state index >= 15 is 0 Å². The zero-order valence-electron chi connectivity index (χ0n) is 23.1. The van der Waals surface area contributed by atoms with Crippen molar-refractivity contribution >= 4 is 51.5 Å². The van der Waals surface area contributed by atoms with Crippen LogP contribution >= 0.6 is 23.4 Å². The van der Waals surface area contributed by atoms with Gasteiger partial charge in [-0.1, -0.05) is 30.2 Å². The Morgan fingerprint density at radius 2 is 1.83 bits per heavy atom. The van der Waals surface area contributed by atoms with Crippen molar-refractivity contribution in [3.05, 3.63) is 82.4 Å². The number of piperidine rings is 2. The number of aromatic nitrogens is 2. The van der Waals surface area contributed by atoms with Crippen molar-refractivity contribution in [2.24, 2.45) is 5.92 Å². The Hall–Kier alpha value is -3.08. The number of rotatable bonds is 5. The number of hydrogen-bond acceptors (Lipinski definition) is 5. The number of benzene rings is 2. The van der Waals surface area contributed by atoms with Crippen LogP contribution in [0.1, 0.15) is 48.8 Å². The zero-order chi connectivity index (χ0) is 30.0. The van der Waals surface area contributed by atoms with Crippen molar-refractivity contribution in [1.29, 1.82) is 0 Å². The molecular formula is C31H32ClF3N4O2S. The number of carbonyl (C=O) groups excluding carboxylic acids is 2. The zero-order valence-corrected chi connectivity index (χ0v) is 24.6. The van der Waals surface area contributed by atoms with Crippen LogP contribution in [0.3, 0.4) is 0 Å². The lowest BCUT2D eigenvalue weighted by molar-refractivity contribution is -0.138. The normalized spacial score (nSPS) is 22.4. The minimum atomic E-state index is -4.54. The number of carbonyl (C=O) groups is 2. The third kappa shape index (κ3) is 6.31. The maximum absolute atomic E-state index is 13.6. The number of fused-ring (bicyclic) bond motifs is 2. The Morgan fingerprint density at radius 1 is 1.05 bits per heavy atom. The molecule has 222 valence electrons. The first kappa shape index (κ1) is 30.4. The molecule has 2 atom stereocenters. The van der Waals surface area contributed by atoms with Crippen LogP contribution in [0.2, 0.25) is 5.02 Å². The molecule has 0 aliphatic carbocycles. The molecule has 1 aromatic heterocycles. The van der Waals surface area contributed by atoms with Gasteiger partial charge >= 0.3 is 6.18 Å². The predicted molar refractivity (Wildman–Crippen MR) is 161 cm³/mol. The van der Waals surface area contributed by atoms with Gasteiger partial charge in [-0.25, -0.2) is 0 Å². The lowest BCUT2D eigenvalue weighted by atomic mass is 9.83. The molecule has 2 amide bonds. The highest BCUT2D eigenvalue weighted by molar-refractivity contribution is 8.18. The molecule has 0 saturated carbocycles. The summed E-state index contributed by atoms with van der Waals surface area (Å²) in [5.74, 6) is 0.0451. The average molecular weight is 617 g/mol. The van der Waals surface area contributed by atoms with E-state index in [1.807, 2.05) is 6.07 Å². The molecule has 42 heavy (non-hydrogen) atoms. The highest BCUT2D eigenvalue weighted by Crippen LogP contribution is 2.38. The second kappa shape index (κ2) is 12.7. The second-order valence-corrected chi connectivity index (χ2v) is 12.1. The van der Waals surface area contributed by atoms with Crippen LogP contribution in [0.4, 0.5) is 18.0 Å². The molecule has 4 heterocycles. The predicted octanol–water partition coefficient (Wildman–Crippen LogP) is 7.86. The maximum atomic E-state index is 13.6. The lowest BCUT2D eigenvalue weighted by Crippen LogP contribution is -2.51. The number of amides is 2. The highest BCUT2D eigenvalue weighted by atomic mass is 35.5. The molecule has 0 spiro atoms. The molecule has 0 N–H and O–H groups in total. The van der Waals surface area contributed by atoms with Crippen molar-refractivity contribution in [2.75, 3.05) is 19.6 Å². The first-order chi connectivity index (χ1) is 20.2. The van der Waals surface area contributed by atoms with Gasteiger partial charge in [-0.05, 0) is 97.9 Å². The number of nitrogens with zero attached hydrogens (tertiary/aromatic N) is 4. The van der Waals surface area contributed by atoms with Gasteiger partial charge in [0.05, 0.1) is 28.7 Å². The van der Waals surface area contributed by atoms with Crippen LogP contribution in [0.15, 0.2) is 60.7 Å². The van der Waals surface area contributed by atoms with Crippen molar-refractivity contribution in [1.82, 2.24) is 19.6 Å². The fraction of sp³-hybridized carbons (Fsp3) is 0.387. The third-order valence-electron chi connectivity index (χ3n) is 8.18. The Morgan fingerprint density at radius 3 is 2.62 bits per heavy atom. The monoisotopic (exact) mass is 616 g/mol. The Bertz CT molecular complexity index is 1520. The van der Waals surface area contributed by atoms with Crippen molar-refractivity contribution in [3.63, 3.8) is 0 Å². The Kier molecular flexibility index (Phi) is 9.15. The summed E-state index contributed by atoms with van der Waals surface area (Å²) >= 11 is 6.77. The SMILES string of the molecule is C=C.O=C1S/C(=C\c2ccc3c(cnn3Cc3ccc(Cl)cc3C(F)(F)F)c2)C(=O)N1C[C@@H]1CCCN2CCCCC12. The quantitative estimate of drug-likeness (QED) is 0.216. The van der Waals surface area contributed by atoms with E-state index in [0.29, 0.717) is 28.9 Å². The summed E-state index contributed by atoms with van der Waals surface area (Å²) in [5.41, 5.74) is 0.646. The molecule has 0 bridgehead atoms. The first-order valence-electron chi connectivity index (χ1n) is 14.0. The Labute approximate surface area is 252 Å². The minimum absolute atomic E-state index is 0.0187. The van der Waals surface area contributed by atoms with Crippen LogP contribution in [0, 0.1) is 5.92 Å². The minimum Gasteiger partial charge on any atom is -0.300 e. The molecule has 11 heteroatoms. The van der Waals surface area contributed by atoms with E-state index in [2.05, 4.69) is 23.2 Å². The van der Waals surface area contributed by atoms with Gasteiger partial charge < -0.3 is 4.90 Å². The van der Waals surface area contributed by atoms with Crippen molar-refractivity contribution in [3.8, 4) is 0 Å². The van der Waals surface area contributed by atoms with Gasteiger partial charge in [-0.3, -0.25) is 19.2 Å². The van der Waals surface area contributed by atoms with Gasteiger partial charge in [0, 0.05) is 23.0 Å². The standard InChI is InChI=1S/C29H28ClF3N4O2S.C2H4/c30-22-8-7-19(23(14-22)29(31,32)33)17-37-25-9-6-18(12-21(25)15-34-37)13-26-27(38)36(28(39)40-26)16-20-4-3-11-35-10-2-1-5-24(20)35;1-2/h6-9,12-15,20,24H,1-5,10-11,16-17H2;1-2H2/b26-13-;/t20-,24?;/m0./s1. The van der Waals surface area contributed by atoms with Crippen LogP contribution in [-0.2, 0) is 17.5 Å². The van der Waals surface area contributed by atoms with Crippen LogP contribution < -0.4 is 0 Å². The summed E-state index contributed by atoms with van der Waals surface area (Å²) < 4.78 is 42.2. The molecule has 3 saturated heterocycles. The second-order valence-electron chi connectivity index (χ2n) is 10.7. The van der Waals surface area contributed by atoms with E-state index in [4.69, 9.17) is 11.6 Å². The lowest BCUT2D eigenvalue weighted by Gasteiger charge is -2.45. The first-order valence-corrected chi connectivity index (χ1v) is 15.2. The van der Waals surface area contributed by atoms with Gasteiger partial charge in [0.25, 0.3) is 11.1 Å². The van der Waals surface area contributed by atoms with E-state index in [9.17, 15) is 22.8 Å². The topological polar surface area (TPSA) is 58.4 Å². The number of thioether (sulfide) groups is 1. The van der Waals surface area contributed by atoms with E-state index in [0.717, 1.165) is 61.1 Å². The summed E-state index contributed by atoms with van der Waals surface area (Å²) in [7, 11) is 0. The van der Waals surface area contributed by atoms with Gasteiger partial charge in [0.15, 0.2) is 0 Å². The molecule has 6 nitrogen and oxygen atoms in total. The van der Waals surface area contributed by atoms with Gasteiger partial charge in [-0.2, -0.15) is 18.3 Å². The van der Waals surface area contributed by atoms with Crippen LogP contribution in [-0.4, -0.2) is 56.4 Å². The summed E-state index contributed by atoms with van der Waals surface area (Å²) in [5, 5.41) is 4.81. The molecule has 1 unspecified atom stereocenters. The molecule has 3 aliphatic heterocycles. The van der Waals surface area contributed by atoms with Gasteiger partial charge in [-0.15, -0.1) is 13.2 Å². The van der Waals surface area contributed by atoms with Gasteiger partial charge in [0.1, 0.15) is 0 Å². The number of alkyl halides is 3. The molecule has 2 aromatic carbocycles. The van der Waals surface area contributed by atoms with Crippen LogP contribution in [0.25, 0.3) is 17.0 Å². The smallest absolute Gasteiger partial charge is 0.300 e. The molecule has 3 aliphatic rings. The Balaban J connectivity index is 0.00000173. The van der Waals surface area contributed by atoms with E-state index < -0.39 is 11.7 Å². The molecule has 0 radical (unpaired) electrons. The summed E-state index contributed by atoms with van der Waals surface area (Å²) in [6, 6.07) is 9.53. The number of hydrogen-bond donors (Lipinski definition) is 0. The molecule has 3 aromatic rings. The van der Waals surface area contributed by atoms with Crippen molar-refractivity contribution < 1.29 is 22.8 Å². The highest BCUT2D eigenvalue weighted by Gasteiger charge is 2.40. The maximum Gasteiger partial charge on any atom is 0.416 e. The molecule has 6 rings (SSSR count). The summed E-state index contributed by atoms with van der Waals surface area (Å²) in [6.45, 7) is 8.59. The van der Waals surface area contributed by atoms with Gasteiger partial charge in [0.2, 0.25) is 0 Å². The van der Waals surface area contributed by atoms with E-state index in [-0.39, 0.29) is 28.3 Å². The number of imide groups is 1. The summed E-state index contributed by atoms with van der Waals surface area (Å²) in [4.78, 5) is 30.4. The average Bonchev–Trinajstić information content (AvgIpc) is 3.49. The summed E-state index contributed by atoms with van der Waals surface area (Å²) in [6.07, 6.45) is 4.41.